The molecule has 3 aromatic carbocycles. The molecule has 1 amide bonds. The number of halogens is 2. The van der Waals surface area contributed by atoms with E-state index in [1.54, 1.807) is 18.2 Å². The minimum absolute atomic E-state index is 0.0384. The third-order valence-corrected chi connectivity index (χ3v) is 7.15. The van der Waals surface area contributed by atoms with Crippen molar-refractivity contribution in [1.82, 2.24) is 5.43 Å². The van der Waals surface area contributed by atoms with Crippen molar-refractivity contribution in [3.63, 3.8) is 0 Å². The van der Waals surface area contributed by atoms with Gasteiger partial charge in [-0.15, -0.1) is 0 Å². The van der Waals surface area contributed by atoms with Crippen molar-refractivity contribution < 1.29 is 17.9 Å². The largest absolute Gasteiger partial charge is 0.495 e. The van der Waals surface area contributed by atoms with Gasteiger partial charge in [-0.25, -0.2) is 13.8 Å². The Labute approximate surface area is 199 Å². The molecule has 0 unspecified atom stereocenters. The molecule has 0 aliphatic carbocycles. The number of nitrogens with one attached hydrogen (secondary N) is 1. The average molecular weight is 537 g/mol. The quantitative estimate of drug-likeness (QED) is 0.340. The van der Waals surface area contributed by atoms with Gasteiger partial charge in [0.1, 0.15) is 12.3 Å². The summed E-state index contributed by atoms with van der Waals surface area (Å²) >= 11 is 9.59. The maximum Gasteiger partial charge on any atom is 0.264 e. The molecule has 0 aliphatic heterocycles. The second-order valence-corrected chi connectivity index (χ2v) is 9.58. The van der Waals surface area contributed by atoms with E-state index in [1.807, 2.05) is 24.3 Å². The third kappa shape index (κ3) is 5.67. The summed E-state index contributed by atoms with van der Waals surface area (Å²) in [6.45, 7) is -0.507. The topological polar surface area (TPSA) is 88.1 Å². The summed E-state index contributed by atoms with van der Waals surface area (Å²) in [6.07, 6.45) is 1.46. The fraction of sp³-hybridized carbons (Fsp3) is 0.0909. The molecule has 0 atom stereocenters. The van der Waals surface area contributed by atoms with E-state index < -0.39 is 22.5 Å². The summed E-state index contributed by atoms with van der Waals surface area (Å²) in [5.41, 5.74) is 3.33. The molecular weight excluding hydrogens is 518 g/mol. The molecule has 0 spiro atoms. The molecular formula is C22H19BrClN3O4S. The molecule has 3 rings (SSSR count). The van der Waals surface area contributed by atoms with Crippen LogP contribution in [0.15, 0.2) is 87.3 Å². The number of amides is 1. The summed E-state index contributed by atoms with van der Waals surface area (Å²) in [6, 6.07) is 19.6. The number of carbonyl (C=O) groups is 1. The second kappa shape index (κ2) is 10.6. The van der Waals surface area contributed by atoms with Gasteiger partial charge in [0.05, 0.1) is 28.9 Å². The highest BCUT2D eigenvalue weighted by atomic mass is 79.9. The maximum atomic E-state index is 13.3. The van der Waals surface area contributed by atoms with E-state index >= 15 is 0 Å². The maximum absolute atomic E-state index is 13.3. The first-order valence-electron chi connectivity index (χ1n) is 9.30. The monoisotopic (exact) mass is 535 g/mol. The zero-order valence-electron chi connectivity index (χ0n) is 16.9. The molecule has 0 bridgehead atoms. The predicted octanol–water partition coefficient (Wildman–Crippen LogP) is 4.46. The number of sulfonamides is 1. The Balaban J connectivity index is 1.88. The third-order valence-electron chi connectivity index (χ3n) is 4.34. The van der Waals surface area contributed by atoms with Crippen molar-refractivity contribution in [2.45, 2.75) is 4.90 Å². The lowest BCUT2D eigenvalue weighted by Crippen LogP contribution is -2.39. The number of ether oxygens (including phenoxy) is 1. The molecule has 7 nitrogen and oxygen atoms in total. The Hall–Kier alpha value is -2.88. The number of hydrogen-bond acceptors (Lipinski definition) is 5. The van der Waals surface area contributed by atoms with Crippen LogP contribution in [0.25, 0.3) is 0 Å². The number of benzene rings is 3. The summed E-state index contributed by atoms with van der Waals surface area (Å²) in [5, 5.41) is 4.14. The number of rotatable bonds is 8. The van der Waals surface area contributed by atoms with Gasteiger partial charge in [0.2, 0.25) is 0 Å². The summed E-state index contributed by atoms with van der Waals surface area (Å²) < 4.78 is 33.5. The molecule has 32 heavy (non-hydrogen) atoms. The molecule has 0 aromatic heterocycles. The van der Waals surface area contributed by atoms with Crippen LogP contribution in [0.4, 0.5) is 5.69 Å². The van der Waals surface area contributed by atoms with E-state index in [0.29, 0.717) is 5.75 Å². The van der Waals surface area contributed by atoms with Gasteiger partial charge in [-0.1, -0.05) is 63.9 Å². The van der Waals surface area contributed by atoms with Crippen LogP contribution in [-0.2, 0) is 14.8 Å². The number of hydrogen-bond donors (Lipinski definition) is 1. The lowest BCUT2D eigenvalue weighted by molar-refractivity contribution is -0.119. The van der Waals surface area contributed by atoms with Crippen LogP contribution in [0.5, 0.6) is 5.75 Å². The SMILES string of the molecule is COc1ccc(N(CC(=O)N/N=C\c2ccccc2Br)S(=O)(=O)c2ccccc2)cc1Cl. The molecule has 10 heteroatoms. The van der Waals surface area contributed by atoms with Crippen molar-refractivity contribution in [1.29, 1.82) is 0 Å². The molecule has 0 saturated carbocycles. The number of hydrazone groups is 1. The van der Waals surface area contributed by atoms with Gasteiger partial charge in [0, 0.05) is 10.0 Å². The molecule has 0 heterocycles. The van der Waals surface area contributed by atoms with Crippen molar-refractivity contribution in [3.05, 3.63) is 87.9 Å². The molecule has 0 saturated heterocycles. The highest BCUT2D eigenvalue weighted by Gasteiger charge is 2.27. The van der Waals surface area contributed by atoms with E-state index in [0.717, 1.165) is 14.3 Å². The fourth-order valence-corrected chi connectivity index (χ4v) is 4.84. The second-order valence-electron chi connectivity index (χ2n) is 6.46. The van der Waals surface area contributed by atoms with E-state index in [2.05, 4.69) is 26.5 Å². The van der Waals surface area contributed by atoms with E-state index in [-0.39, 0.29) is 15.6 Å². The van der Waals surface area contributed by atoms with Crippen LogP contribution in [0, 0.1) is 0 Å². The predicted molar refractivity (Wildman–Crippen MR) is 129 cm³/mol. The van der Waals surface area contributed by atoms with Gasteiger partial charge in [0.15, 0.2) is 0 Å². The van der Waals surface area contributed by atoms with Gasteiger partial charge >= 0.3 is 0 Å². The smallest absolute Gasteiger partial charge is 0.264 e. The first-order valence-corrected chi connectivity index (χ1v) is 11.9. The summed E-state index contributed by atoms with van der Waals surface area (Å²) in [5.74, 6) is -0.241. The zero-order valence-corrected chi connectivity index (χ0v) is 20.1. The number of nitrogens with zero attached hydrogens (tertiary/aromatic N) is 2. The van der Waals surface area contributed by atoms with Gasteiger partial charge in [-0.3, -0.25) is 9.10 Å². The standard InChI is InChI=1S/C22H19BrClN3O4S/c1-31-21-12-11-17(13-20(21)24)27(32(29,30)18-8-3-2-4-9-18)15-22(28)26-25-14-16-7-5-6-10-19(16)23/h2-14H,15H2,1H3,(H,26,28)/b25-14-. The first kappa shape index (κ1) is 23.8. The van der Waals surface area contributed by atoms with Crippen molar-refractivity contribution >= 4 is 55.4 Å². The van der Waals surface area contributed by atoms with E-state index in [1.165, 1.54) is 43.7 Å². The average Bonchev–Trinajstić information content (AvgIpc) is 2.79. The summed E-state index contributed by atoms with van der Waals surface area (Å²) in [7, 11) is -2.60. The first-order chi connectivity index (χ1) is 15.3. The lowest BCUT2D eigenvalue weighted by Gasteiger charge is -2.24. The minimum Gasteiger partial charge on any atom is -0.495 e. The highest BCUT2D eigenvalue weighted by molar-refractivity contribution is 9.10. The molecule has 1 N–H and O–H groups in total. The molecule has 166 valence electrons. The van der Waals surface area contributed by atoms with Gasteiger partial charge < -0.3 is 4.74 Å². The minimum atomic E-state index is -4.06. The Bertz CT molecular complexity index is 1240. The van der Waals surface area contributed by atoms with Gasteiger partial charge in [-0.05, 0) is 36.4 Å². The number of methoxy groups -OCH3 is 1. The highest BCUT2D eigenvalue weighted by Crippen LogP contribution is 2.31. The number of anilines is 1. The van der Waals surface area contributed by atoms with Crippen LogP contribution in [0.2, 0.25) is 5.02 Å². The van der Waals surface area contributed by atoms with Crippen molar-refractivity contribution in [2.75, 3.05) is 18.0 Å². The molecule has 0 fully saturated rings. The Morgan fingerprint density at radius 2 is 1.81 bits per heavy atom. The van der Waals surface area contributed by atoms with Crippen LogP contribution in [0.3, 0.4) is 0 Å². The van der Waals surface area contributed by atoms with Crippen molar-refractivity contribution in [3.8, 4) is 5.75 Å². The van der Waals surface area contributed by atoms with Crippen LogP contribution >= 0.6 is 27.5 Å². The fourth-order valence-electron chi connectivity index (χ4n) is 2.76. The normalized spacial score (nSPS) is 11.3. The van der Waals surface area contributed by atoms with Crippen molar-refractivity contribution in [2.24, 2.45) is 5.10 Å². The molecule has 0 radical (unpaired) electrons. The van der Waals surface area contributed by atoms with Crippen LogP contribution in [-0.4, -0.2) is 34.2 Å². The van der Waals surface area contributed by atoms with E-state index in [9.17, 15) is 13.2 Å². The van der Waals surface area contributed by atoms with Crippen LogP contribution < -0.4 is 14.5 Å². The van der Waals surface area contributed by atoms with E-state index in [4.69, 9.17) is 16.3 Å². The Morgan fingerprint density at radius 3 is 2.47 bits per heavy atom. The molecule has 0 aliphatic rings. The Morgan fingerprint density at radius 1 is 1.12 bits per heavy atom. The van der Waals surface area contributed by atoms with Gasteiger partial charge in [0.25, 0.3) is 15.9 Å². The summed E-state index contributed by atoms with van der Waals surface area (Å²) in [4.78, 5) is 12.6. The Kier molecular flexibility index (Phi) is 7.89. The zero-order chi connectivity index (χ0) is 23.1. The van der Waals surface area contributed by atoms with Crippen LogP contribution in [0.1, 0.15) is 5.56 Å². The number of carbonyl (C=O) groups excluding carboxylic acids is 1. The molecule has 3 aromatic rings. The van der Waals surface area contributed by atoms with Gasteiger partial charge in [-0.2, -0.15) is 5.10 Å². The lowest BCUT2D eigenvalue weighted by atomic mass is 10.2.